The Labute approximate surface area is 159 Å². The zero-order chi connectivity index (χ0) is 19.4. The number of amides is 3. The van der Waals surface area contributed by atoms with Gasteiger partial charge in [0.1, 0.15) is 5.00 Å². The first-order valence-electron chi connectivity index (χ1n) is 8.23. The number of aromatic nitrogens is 1. The van der Waals surface area contributed by atoms with E-state index in [1.807, 2.05) is 31.2 Å². The van der Waals surface area contributed by atoms with Crippen molar-refractivity contribution in [2.75, 3.05) is 11.9 Å². The summed E-state index contributed by atoms with van der Waals surface area (Å²) in [6, 6.07) is 10.6. The number of hydrogen-bond acceptors (Lipinski definition) is 6. The van der Waals surface area contributed by atoms with E-state index in [-0.39, 0.29) is 18.1 Å². The summed E-state index contributed by atoms with van der Waals surface area (Å²) in [5.41, 5.74) is 2.08. The lowest BCUT2D eigenvalue weighted by molar-refractivity contribution is 0.0926. The average molecular weight is 383 g/mol. The predicted octanol–water partition coefficient (Wildman–Crippen LogP) is 3.74. The minimum atomic E-state index is -0.832. The van der Waals surface area contributed by atoms with Crippen LogP contribution < -0.4 is 10.6 Å². The second-order valence-corrected chi connectivity index (χ2v) is 6.54. The van der Waals surface area contributed by atoms with Gasteiger partial charge in [-0.1, -0.05) is 18.2 Å². The van der Waals surface area contributed by atoms with Crippen molar-refractivity contribution in [2.24, 2.45) is 0 Å². The van der Waals surface area contributed by atoms with E-state index in [4.69, 9.17) is 4.74 Å². The van der Waals surface area contributed by atoms with Gasteiger partial charge in [-0.2, -0.15) is 0 Å². The molecule has 1 aromatic carbocycles. The quantitative estimate of drug-likeness (QED) is 0.715. The third-order valence-electron chi connectivity index (χ3n) is 3.72. The highest BCUT2D eigenvalue weighted by atomic mass is 32.1. The molecule has 3 rings (SSSR count). The zero-order valence-corrected chi connectivity index (χ0v) is 15.6. The summed E-state index contributed by atoms with van der Waals surface area (Å²) in [6.45, 7) is 3.61. The third-order valence-corrected chi connectivity index (χ3v) is 4.55. The summed E-state index contributed by atoms with van der Waals surface area (Å²) >= 11 is 1.19. The van der Waals surface area contributed by atoms with Crippen LogP contribution in [-0.4, -0.2) is 29.5 Å². The van der Waals surface area contributed by atoms with Gasteiger partial charge < -0.3 is 10.1 Å². The molecule has 0 aliphatic rings. The number of imide groups is 1. The molecule has 138 valence electrons. The summed E-state index contributed by atoms with van der Waals surface area (Å²) in [6.07, 6.45) is -0.832. The SMILES string of the molecule is CCOC(=O)NC(=O)c1ccsc1NC(=O)c1cc(C)nc2ccccc12. The van der Waals surface area contributed by atoms with Gasteiger partial charge in [0.05, 0.1) is 23.3 Å². The van der Waals surface area contributed by atoms with E-state index in [0.717, 1.165) is 5.39 Å². The van der Waals surface area contributed by atoms with Crippen LogP contribution in [0.25, 0.3) is 10.9 Å². The van der Waals surface area contributed by atoms with Crippen LogP contribution in [0.5, 0.6) is 0 Å². The monoisotopic (exact) mass is 383 g/mol. The molecule has 0 unspecified atom stereocenters. The van der Waals surface area contributed by atoms with Crippen molar-refractivity contribution >= 4 is 45.1 Å². The van der Waals surface area contributed by atoms with Gasteiger partial charge in [0.25, 0.3) is 11.8 Å². The Balaban J connectivity index is 1.85. The van der Waals surface area contributed by atoms with Gasteiger partial charge in [-0.15, -0.1) is 11.3 Å². The normalized spacial score (nSPS) is 10.4. The molecule has 2 N–H and O–H groups in total. The number of para-hydroxylation sites is 1. The summed E-state index contributed by atoms with van der Waals surface area (Å²) in [5, 5.41) is 7.60. The Morgan fingerprint density at radius 2 is 1.89 bits per heavy atom. The highest BCUT2D eigenvalue weighted by Crippen LogP contribution is 2.25. The maximum atomic E-state index is 12.8. The molecule has 0 bridgehead atoms. The number of carbonyl (C=O) groups excluding carboxylic acids is 3. The van der Waals surface area contributed by atoms with Crippen LogP contribution in [0.1, 0.15) is 33.3 Å². The first-order chi connectivity index (χ1) is 13.0. The molecule has 0 aliphatic heterocycles. The van der Waals surface area contributed by atoms with Gasteiger partial charge in [-0.25, -0.2) is 4.79 Å². The van der Waals surface area contributed by atoms with E-state index in [9.17, 15) is 14.4 Å². The van der Waals surface area contributed by atoms with Crippen LogP contribution in [0.3, 0.4) is 0 Å². The summed E-state index contributed by atoms with van der Waals surface area (Å²) < 4.78 is 4.70. The fourth-order valence-corrected chi connectivity index (χ4v) is 3.36. The van der Waals surface area contributed by atoms with Crippen LogP contribution in [0, 0.1) is 6.92 Å². The van der Waals surface area contributed by atoms with Crippen molar-refractivity contribution < 1.29 is 19.1 Å². The fourth-order valence-electron chi connectivity index (χ4n) is 2.58. The van der Waals surface area contributed by atoms with Crippen molar-refractivity contribution in [3.05, 3.63) is 58.6 Å². The Morgan fingerprint density at radius 1 is 1.11 bits per heavy atom. The van der Waals surface area contributed by atoms with Crippen LogP contribution in [0.4, 0.5) is 9.80 Å². The number of pyridine rings is 1. The van der Waals surface area contributed by atoms with Crippen molar-refractivity contribution in [1.29, 1.82) is 0 Å². The molecule has 2 aromatic heterocycles. The molecule has 3 aromatic rings. The minimum Gasteiger partial charge on any atom is -0.450 e. The highest BCUT2D eigenvalue weighted by molar-refractivity contribution is 7.14. The molecule has 0 atom stereocenters. The number of anilines is 1. The summed E-state index contributed by atoms with van der Waals surface area (Å²) in [5.74, 6) is -0.995. The third kappa shape index (κ3) is 4.12. The van der Waals surface area contributed by atoms with Gasteiger partial charge in [-0.3, -0.25) is 19.9 Å². The van der Waals surface area contributed by atoms with E-state index < -0.39 is 12.0 Å². The number of nitrogens with one attached hydrogen (secondary N) is 2. The van der Waals surface area contributed by atoms with Crippen LogP contribution in [0.15, 0.2) is 41.8 Å². The maximum absolute atomic E-state index is 12.8. The van der Waals surface area contributed by atoms with E-state index in [1.54, 1.807) is 18.4 Å². The van der Waals surface area contributed by atoms with Crippen molar-refractivity contribution in [1.82, 2.24) is 10.3 Å². The molecule has 0 aliphatic carbocycles. The highest BCUT2D eigenvalue weighted by Gasteiger charge is 2.19. The Bertz CT molecular complexity index is 1030. The van der Waals surface area contributed by atoms with E-state index in [2.05, 4.69) is 15.6 Å². The molecular formula is C19H17N3O4S. The summed E-state index contributed by atoms with van der Waals surface area (Å²) in [4.78, 5) is 40.9. The smallest absolute Gasteiger partial charge is 0.414 e. The van der Waals surface area contributed by atoms with Gasteiger partial charge in [0.2, 0.25) is 0 Å². The molecule has 7 nitrogen and oxygen atoms in total. The lowest BCUT2D eigenvalue weighted by Gasteiger charge is -2.09. The van der Waals surface area contributed by atoms with Gasteiger partial charge >= 0.3 is 6.09 Å². The van der Waals surface area contributed by atoms with E-state index in [0.29, 0.717) is 21.8 Å². The van der Waals surface area contributed by atoms with Crippen molar-refractivity contribution in [3.63, 3.8) is 0 Å². The van der Waals surface area contributed by atoms with Crippen molar-refractivity contribution in [3.8, 4) is 0 Å². The lowest BCUT2D eigenvalue weighted by atomic mass is 10.1. The number of alkyl carbamates (subject to hydrolysis) is 1. The first-order valence-corrected chi connectivity index (χ1v) is 9.11. The van der Waals surface area contributed by atoms with Gasteiger partial charge in [0.15, 0.2) is 0 Å². The number of hydrogen-bond donors (Lipinski definition) is 2. The molecule has 0 saturated carbocycles. The largest absolute Gasteiger partial charge is 0.450 e. The molecule has 3 amide bonds. The Hall–Kier alpha value is -3.26. The van der Waals surface area contributed by atoms with Crippen LogP contribution in [-0.2, 0) is 4.74 Å². The Kier molecular flexibility index (Phi) is 5.46. The second-order valence-electron chi connectivity index (χ2n) is 5.62. The number of nitrogens with zero attached hydrogens (tertiary/aromatic N) is 1. The number of carbonyl (C=O) groups is 3. The van der Waals surface area contributed by atoms with Crippen LogP contribution >= 0.6 is 11.3 Å². The van der Waals surface area contributed by atoms with Gasteiger partial charge in [0, 0.05) is 11.1 Å². The standard InChI is InChI=1S/C19H17N3O4S/c1-3-26-19(25)22-16(23)13-8-9-27-18(13)21-17(24)14-10-11(2)20-15-7-5-4-6-12(14)15/h4-10H,3H2,1-2H3,(H,21,24)(H,22,23,25). The lowest BCUT2D eigenvalue weighted by Crippen LogP contribution is -2.31. The Morgan fingerprint density at radius 3 is 2.67 bits per heavy atom. The van der Waals surface area contributed by atoms with Crippen LogP contribution in [0.2, 0.25) is 0 Å². The minimum absolute atomic E-state index is 0.154. The zero-order valence-electron chi connectivity index (χ0n) is 14.7. The number of aryl methyl sites for hydroxylation is 1. The molecule has 2 heterocycles. The van der Waals surface area contributed by atoms with Gasteiger partial charge in [-0.05, 0) is 37.4 Å². The van der Waals surface area contributed by atoms with Crippen molar-refractivity contribution in [2.45, 2.75) is 13.8 Å². The van der Waals surface area contributed by atoms with E-state index >= 15 is 0 Å². The molecule has 0 fully saturated rings. The number of thiophene rings is 1. The topological polar surface area (TPSA) is 97.4 Å². The second kappa shape index (κ2) is 7.96. The molecule has 0 saturated heterocycles. The predicted molar refractivity (Wildman–Crippen MR) is 103 cm³/mol. The number of fused-ring (bicyclic) bond motifs is 1. The summed E-state index contributed by atoms with van der Waals surface area (Å²) in [7, 11) is 0. The molecule has 0 spiro atoms. The molecule has 8 heteroatoms. The van der Waals surface area contributed by atoms with E-state index in [1.165, 1.54) is 17.4 Å². The first kappa shape index (κ1) is 18.5. The number of rotatable bonds is 4. The maximum Gasteiger partial charge on any atom is 0.414 e. The molecule has 27 heavy (non-hydrogen) atoms. The molecule has 0 radical (unpaired) electrons. The molecular weight excluding hydrogens is 366 g/mol. The fraction of sp³-hybridized carbons (Fsp3) is 0.158. The number of ether oxygens (including phenoxy) is 1. The number of benzene rings is 1. The average Bonchev–Trinajstić information content (AvgIpc) is 3.09.